The van der Waals surface area contributed by atoms with Crippen molar-refractivity contribution in [1.29, 1.82) is 0 Å². The number of carbonyl (C=O) groups excluding carboxylic acids is 1. The maximum absolute atomic E-state index is 12.1. The maximum atomic E-state index is 12.1. The minimum atomic E-state index is -1.08. The van der Waals surface area contributed by atoms with Crippen molar-refractivity contribution in [3.63, 3.8) is 0 Å². The number of anilines is 1. The van der Waals surface area contributed by atoms with Crippen molar-refractivity contribution in [2.75, 3.05) is 18.4 Å². The van der Waals surface area contributed by atoms with Crippen LogP contribution in [-0.2, 0) is 0 Å². The molecule has 0 aromatic carbocycles. The Kier molecular flexibility index (Phi) is 4.55. The van der Waals surface area contributed by atoms with Crippen LogP contribution in [0.25, 0.3) is 0 Å². The van der Waals surface area contributed by atoms with E-state index in [1.54, 1.807) is 11.0 Å². The highest BCUT2D eigenvalue weighted by Crippen LogP contribution is 2.27. The molecule has 108 valence electrons. The quantitative estimate of drug-likeness (QED) is 0.866. The van der Waals surface area contributed by atoms with E-state index in [1.165, 1.54) is 31.5 Å². The van der Waals surface area contributed by atoms with Gasteiger partial charge in [-0.05, 0) is 37.8 Å². The molecule has 0 saturated heterocycles. The molecule has 0 radical (unpaired) electrons. The van der Waals surface area contributed by atoms with Gasteiger partial charge >= 0.3 is 12.0 Å². The molecule has 2 rings (SSSR count). The lowest BCUT2D eigenvalue weighted by molar-refractivity contribution is 0.0690. The Hall–Kier alpha value is -2.11. The fraction of sp³-hybridized carbons (Fsp3) is 0.500. The molecule has 1 aliphatic carbocycles. The maximum Gasteiger partial charge on any atom is 0.354 e. The molecule has 1 saturated carbocycles. The van der Waals surface area contributed by atoms with Crippen LogP contribution in [0.5, 0.6) is 0 Å². The number of rotatable bonds is 5. The summed E-state index contributed by atoms with van der Waals surface area (Å²) < 4.78 is 0. The molecule has 0 unspecified atom stereocenters. The molecule has 0 atom stereocenters. The largest absolute Gasteiger partial charge is 0.477 e. The van der Waals surface area contributed by atoms with Crippen LogP contribution >= 0.6 is 0 Å². The van der Waals surface area contributed by atoms with E-state index < -0.39 is 5.97 Å². The Labute approximate surface area is 117 Å². The predicted molar refractivity (Wildman–Crippen MR) is 74.8 cm³/mol. The number of nitrogens with one attached hydrogen (secondary N) is 1. The van der Waals surface area contributed by atoms with Crippen LogP contribution in [0.1, 0.15) is 36.7 Å². The van der Waals surface area contributed by atoms with Gasteiger partial charge in [-0.1, -0.05) is 6.42 Å². The van der Waals surface area contributed by atoms with Gasteiger partial charge in [0, 0.05) is 13.1 Å². The molecule has 0 aliphatic heterocycles. The number of carboxylic acids is 1. The molecular formula is C14H19N3O3. The molecule has 1 aromatic heterocycles. The smallest absolute Gasteiger partial charge is 0.354 e. The summed E-state index contributed by atoms with van der Waals surface area (Å²) in [6.45, 7) is 3.38. The van der Waals surface area contributed by atoms with Gasteiger partial charge in [0.15, 0.2) is 0 Å². The highest BCUT2D eigenvalue weighted by Gasteiger charge is 2.22. The van der Waals surface area contributed by atoms with Gasteiger partial charge < -0.3 is 15.3 Å². The summed E-state index contributed by atoms with van der Waals surface area (Å²) in [6, 6.07) is 2.76. The predicted octanol–water partition coefficient (Wildman–Crippen LogP) is 2.43. The summed E-state index contributed by atoms with van der Waals surface area (Å²) in [5.41, 5.74) is 0.469. The molecule has 0 bridgehead atoms. The Balaban J connectivity index is 1.92. The number of hydrogen-bond donors (Lipinski definition) is 2. The third-order valence-corrected chi connectivity index (χ3v) is 3.61. The zero-order valence-electron chi connectivity index (χ0n) is 11.5. The first-order valence-corrected chi connectivity index (χ1v) is 6.85. The number of aromatic carboxylic acids is 1. The highest BCUT2D eigenvalue weighted by atomic mass is 16.4. The van der Waals surface area contributed by atoms with E-state index in [0.29, 0.717) is 18.2 Å². The van der Waals surface area contributed by atoms with Crippen molar-refractivity contribution in [2.24, 2.45) is 5.92 Å². The SMILES string of the molecule is CCN(CC1CCC1)C(=O)Nc1ccc(C(=O)O)nc1. The van der Waals surface area contributed by atoms with Crippen LogP contribution in [0.2, 0.25) is 0 Å². The second kappa shape index (κ2) is 6.36. The van der Waals surface area contributed by atoms with Crippen molar-refractivity contribution < 1.29 is 14.7 Å². The zero-order chi connectivity index (χ0) is 14.5. The fourth-order valence-corrected chi connectivity index (χ4v) is 2.14. The van der Waals surface area contributed by atoms with Crippen LogP contribution in [-0.4, -0.2) is 40.1 Å². The third kappa shape index (κ3) is 3.46. The van der Waals surface area contributed by atoms with Crippen molar-refractivity contribution in [1.82, 2.24) is 9.88 Å². The Morgan fingerprint density at radius 3 is 2.65 bits per heavy atom. The number of urea groups is 1. The van der Waals surface area contributed by atoms with E-state index in [9.17, 15) is 9.59 Å². The van der Waals surface area contributed by atoms with Crippen LogP contribution in [0.15, 0.2) is 18.3 Å². The third-order valence-electron chi connectivity index (χ3n) is 3.61. The summed E-state index contributed by atoms with van der Waals surface area (Å²) in [5, 5.41) is 11.5. The van der Waals surface area contributed by atoms with Gasteiger partial charge in [0.05, 0.1) is 11.9 Å². The zero-order valence-corrected chi connectivity index (χ0v) is 11.5. The molecule has 2 amide bonds. The molecule has 1 aromatic rings. The molecule has 6 heteroatoms. The van der Waals surface area contributed by atoms with E-state index in [1.807, 2.05) is 6.92 Å². The van der Waals surface area contributed by atoms with E-state index >= 15 is 0 Å². The fourth-order valence-electron chi connectivity index (χ4n) is 2.14. The van der Waals surface area contributed by atoms with Gasteiger partial charge in [-0.3, -0.25) is 0 Å². The summed E-state index contributed by atoms with van der Waals surface area (Å²) >= 11 is 0. The minimum absolute atomic E-state index is 0.0372. The van der Waals surface area contributed by atoms with E-state index in [-0.39, 0.29) is 11.7 Å². The molecule has 6 nitrogen and oxygen atoms in total. The lowest BCUT2D eigenvalue weighted by Crippen LogP contribution is -2.39. The number of hydrogen-bond acceptors (Lipinski definition) is 3. The number of aromatic nitrogens is 1. The average Bonchev–Trinajstić information content (AvgIpc) is 2.38. The van der Waals surface area contributed by atoms with E-state index in [0.717, 1.165) is 6.54 Å². The molecule has 1 aliphatic rings. The summed E-state index contributed by atoms with van der Waals surface area (Å²) in [6.07, 6.45) is 5.00. The second-order valence-corrected chi connectivity index (χ2v) is 5.00. The second-order valence-electron chi connectivity index (χ2n) is 5.00. The van der Waals surface area contributed by atoms with Crippen molar-refractivity contribution in [2.45, 2.75) is 26.2 Å². The van der Waals surface area contributed by atoms with Gasteiger partial charge in [-0.2, -0.15) is 0 Å². The number of amides is 2. The first-order chi connectivity index (χ1) is 9.60. The summed E-state index contributed by atoms with van der Waals surface area (Å²) in [5.74, 6) is -0.462. The normalized spacial score (nSPS) is 14.4. The number of carbonyl (C=O) groups is 2. The van der Waals surface area contributed by atoms with E-state index in [4.69, 9.17) is 5.11 Å². The van der Waals surface area contributed by atoms with Crippen molar-refractivity contribution in [3.05, 3.63) is 24.0 Å². The molecule has 1 fully saturated rings. The van der Waals surface area contributed by atoms with Gasteiger partial charge in [-0.25, -0.2) is 14.6 Å². The monoisotopic (exact) mass is 277 g/mol. The summed E-state index contributed by atoms with van der Waals surface area (Å²) in [7, 11) is 0. The topological polar surface area (TPSA) is 82.5 Å². The molecule has 20 heavy (non-hydrogen) atoms. The van der Waals surface area contributed by atoms with Crippen LogP contribution in [0.3, 0.4) is 0 Å². The average molecular weight is 277 g/mol. The Morgan fingerprint density at radius 1 is 1.45 bits per heavy atom. The number of nitrogens with zero attached hydrogens (tertiary/aromatic N) is 2. The molecule has 2 N–H and O–H groups in total. The van der Waals surface area contributed by atoms with Gasteiger partial charge in [0.2, 0.25) is 0 Å². The highest BCUT2D eigenvalue weighted by molar-refractivity contribution is 5.90. The molecule has 1 heterocycles. The van der Waals surface area contributed by atoms with Crippen LogP contribution in [0.4, 0.5) is 10.5 Å². The van der Waals surface area contributed by atoms with Crippen LogP contribution in [0, 0.1) is 5.92 Å². The first kappa shape index (κ1) is 14.3. The van der Waals surface area contributed by atoms with E-state index in [2.05, 4.69) is 10.3 Å². The van der Waals surface area contributed by atoms with Crippen molar-refractivity contribution in [3.8, 4) is 0 Å². The standard InChI is InChI=1S/C14H19N3O3/c1-2-17(9-10-4-3-5-10)14(20)16-11-6-7-12(13(18)19)15-8-11/h6-8,10H,2-5,9H2,1H3,(H,16,20)(H,18,19). The first-order valence-electron chi connectivity index (χ1n) is 6.85. The van der Waals surface area contributed by atoms with Gasteiger partial charge in [0.1, 0.15) is 5.69 Å². The van der Waals surface area contributed by atoms with Gasteiger partial charge in [0.25, 0.3) is 0 Å². The molecular weight excluding hydrogens is 258 g/mol. The van der Waals surface area contributed by atoms with Crippen LogP contribution < -0.4 is 5.32 Å². The van der Waals surface area contributed by atoms with Crippen molar-refractivity contribution >= 4 is 17.7 Å². The summed E-state index contributed by atoms with van der Waals surface area (Å²) in [4.78, 5) is 28.3. The lowest BCUT2D eigenvalue weighted by atomic mass is 9.85. The molecule has 0 spiro atoms. The Bertz CT molecular complexity index is 483. The number of carboxylic acid groups (broad SMARTS) is 1. The lowest BCUT2D eigenvalue weighted by Gasteiger charge is -2.31. The number of pyridine rings is 1. The van der Waals surface area contributed by atoms with Gasteiger partial charge in [-0.15, -0.1) is 0 Å². The minimum Gasteiger partial charge on any atom is -0.477 e. The Morgan fingerprint density at radius 2 is 2.20 bits per heavy atom.